The van der Waals surface area contributed by atoms with Gasteiger partial charge in [-0.05, 0) is 49.9 Å². The summed E-state index contributed by atoms with van der Waals surface area (Å²) >= 11 is 5.93. The van der Waals surface area contributed by atoms with Gasteiger partial charge in [-0.15, -0.1) is 0 Å². The van der Waals surface area contributed by atoms with Gasteiger partial charge in [0.05, 0.1) is 42.6 Å². The second kappa shape index (κ2) is 13.5. The number of anilines is 3. The van der Waals surface area contributed by atoms with Gasteiger partial charge in [-0.1, -0.05) is 17.7 Å². The second-order valence-electron chi connectivity index (χ2n) is 9.61. The van der Waals surface area contributed by atoms with Gasteiger partial charge in [-0.2, -0.15) is 0 Å². The molecule has 1 amide bonds. The molecule has 1 aliphatic carbocycles. The average molecular weight is 572 g/mol. The van der Waals surface area contributed by atoms with Crippen LogP contribution in [-0.2, 0) is 14.3 Å². The molecular formula is C28H31ClFN5O5. The summed E-state index contributed by atoms with van der Waals surface area (Å²) in [6, 6.07) is 7.70. The van der Waals surface area contributed by atoms with Crippen LogP contribution in [0.4, 0.5) is 21.6 Å². The molecule has 1 saturated carbocycles. The number of nitrogens with one attached hydrogen (secondary N) is 2. The highest BCUT2D eigenvalue weighted by Crippen LogP contribution is 2.36. The highest BCUT2D eigenvalue weighted by molar-refractivity contribution is 6.31. The molecule has 0 aliphatic heterocycles. The molecule has 3 N–H and O–H groups in total. The number of carbonyl (C=O) groups excluding carboxylic acids is 2. The zero-order valence-electron chi connectivity index (χ0n) is 22.2. The van der Waals surface area contributed by atoms with Crippen molar-refractivity contribution < 1.29 is 28.6 Å². The van der Waals surface area contributed by atoms with Crippen molar-refractivity contribution in [2.24, 2.45) is 5.92 Å². The number of fused-ring (bicyclic) bond motifs is 1. The second-order valence-corrected chi connectivity index (χ2v) is 10.0. The Morgan fingerprint density at radius 1 is 1.27 bits per heavy atom. The molecule has 40 heavy (non-hydrogen) atoms. The Bertz CT molecular complexity index is 1400. The van der Waals surface area contributed by atoms with Gasteiger partial charge in [0.2, 0.25) is 5.91 Å². The van der Waals surface area contributed by atoms with Gasteiger partial charge < -0.3 is 25.2 Å². The van der Waals surface area contributed by atoms with Crippen LogP contribution in [0.25, 0.3) is 10.9 Å². The van der Waals surface area contributed by atoms with E-state index < -0.39 is 23.8 Å². The molecule has 0 bridgehead atoms. The topological polar surface area (TPSA) is 126 Å². The van der Waals surface area contributed by atoms with Crippen LogP contribution in [-0.4, -0.2) is 71.3 Å². The van der Waals surface area contributed by atoms with Crippen LogP contribution < -0.4 is 15.4 Å². The third-order valence-corrected chi connectivity index (χ3v) is 6.37. The van der Waals surface area contributed by atoms with E-state index in [0.29, 0.717) is 46.4 Å². The van der Waals surface area contributed by atoms with E-state index in [-0.39, 0.29) is 24.7 Å². The van der Waals surface area contributed by atoms with Crippen molar-refractivity contribution in [2.45, 2.75) is 25.9 Å². The van der Waals surface area contributed by atoms with Crippen molar-refractivity contribution in [3.8, 4) is 5.75 Å². The summed E-state index contributed by atoms with van der Waals surface area (Å²) in [5.41, 5.74) is 1.54. The average Bonchev–Trinajstić information content (AvgIpc) is 3.74. The molecule has 3 aromatic rings. The Balaban J connectivity index is 1.55. The van der Waals surface area contributed by atoms with Crippen molar-refractivity contribution in [2.75, 3.05) is 44.0 Å². The molecule has 1 heterocycles. The summed E-state index contributed by atoms with van der Waals surface area (Å²) in [5, 5.41) is 16.3. The monoisotopic (exact) mass is 571 g/mol. The first-order valence-corrected chi connectivity index (χ1v) is 13.2. The summed E-state index contributed by atoms with van der Waals surface area (Å²) in [7, 11) is 1.29. The molecule has 0 spiro atoms. The Morgan fingerprint density at radius 2 is 2.08 bits per heavy atom. The van der Waals surface area contributed by atoms with Gasteiger partial charge in [-0.25, -0.2) is 14.4 Å². The first-order valence-electron chi connectivity index (χ1n) is 12.8. The molecular weight excluding hydrogens is 541 g/mol. The maximum absolute atomic E-state index is 13.6. The van der Waals surface area contributed by atoms with Crippen molar-refractivity contribution in [1.29, 1.82) is 0 Å². The predicted octanol–water partition coefficient (Wildman–Crippen LogP) is 4.31. The van der Waals surface area contributed by atoms with Crippen LogP contribution in [0.5, 0.6) is 5.75 Å². The zero-order chi connectivity index (χ0) is 28.6. The summed E-state index contributed by atoms with van der Waals surface area (Å²) < 4.78 is 24.4. The summed E-state index contributed by atoms with van der Waals surface area (Å²) in [4.78, 5) is 34.9. The first kappa shape index (κ1) is 29.2. The molecule has 10 nitrogen and oxygen atoms in total. The van der Waals surface area contributed by atoms with Gasteiger partial charge in [0.25, 0.3) is 0 Å². The molecule has 12 heteroatoms. The Morgan fingerprint density at radius 3 is 2.77 bits per heavy atom. The minimum absolute atomic E-state index is 0.0216. The molecule has 0 saturated heterocycles. The number of hydrogen-bond donors (Lipinski definition) is 3. The minimum atomic E-state index is -0.661. The molecule has 0 radical (unpaired) electrons. The number of esters is 1. The lowest BCUT2D eigenvalue weighted by atomic mass is 10.1. The number of nitrogens with zero attached hydrogens (tertiary/aromatic N) is 3. The summed E-state index contributed by atoms with van der Waals surface area (Å²) in [6.45, 7) is 2.60. The third kappa shape index (κ3) is 8.35. The molecule has 1 aromatic heterocycles. The van der Waals surface area contributed by atoms with Crippen molar-refractivity contribution >= 4 is 51.6 Å². The fraction of sp³-hybridized carbons (Fsp3) is 0.357. The Hall–Kier alpha value is -3.80. The maximum atomic E-state index is 13.6. The Labute approximate surface area is 236 Å². The highest BCUT2D eigenvalue weighted by atomic mass is 35.5. The van der Waals surface area contributed by atoms with Crippen LogP contribution >= 0.6 is 11.6 Å². The lowest BCUT2D eigenvalue weighted by molar-refractivity contribution is -0.142. The van der Waals surface area contributed by atoms with E-state index in [1.807, 2.05) is 0 Å². The normalized spacial score (nSPS) is 13.9. The van der Waals surface area contributed by atoms with Gasteiger partial charge in [0.15, 0.2) is 0 Å². The van der Waals surface area contributed by atoms with Crippen LogP contribution in [0.15, 0.2) is 48.8 Å². The molecule has 2 aromatic carbocycles. The number of rotatable bonds is 13. The predicted molar refractivity (Wildman–Crippen MR) is 150 cm³/mol. The fourth-order valence-corrected chi connectivity index (χ4v) is 4.09. The highest BCUT2D eigenvalue weighted by Gasteiger charge is 2.23. The standard InChI is InChI=1S/C28H31ClFN5O5/c1-17(36)13-35(14-27(38)39-2)9-3-4-26(37)34-24-11-20-23(12-25(24)40-15-18-5-6-18)31-16-32-28(20)33-19-7-8-22(30)21(29)10-19/h3-4,7-8,10-12,16-18,36H,5-6,9,13-15H2,1-2H3,(H,34,37)(H,31,32,33). The molecule has 1 aliphatic rings. The molecule has 1 fully saturated rings. The third-order valence-electron chi connectivity index (χ3n) is 6.08. The van der Waals surface area contributed by atoms with E-state index in [0.717, 1.165) is 12.8 Å². The fourth-order valence-electron chi connectivity index (χ4n) is 3.91. The number of amides is 1. The quantitative estimate of drug-likeness (QED) is 0.203. The van der Waals surface area contributed by atoms with E-state index in [2.05, 4.69) is 20.6 Å². The van der Waals surface area contributed by atoms with Crippen LogP contribution in [0.1, 0.15) is 19.8 Å². The largest absolute Gasteiger partial charge is 0.491 e. The summed E-state index contributed by atoms with van der Waals surface area (Å²) in [6.07, 6.45) is 5.89. The maximum Gasteiger partial charge on any atom is 0.319 e. The summed E-state index contributed by atoms with van der Waals surface area (Å²) in [5.74, 6) is -0.000583. The van der Waals surface area contributed by atoms with Gasteiger partial charge >= 0.3 is 5.97 Å². The molecule has 4 rings (SSSR count). The van der Waals surface area contributed by atoms with Crippen LogP contribution in [0, 0.1) is 11.7 Å². The van der Waals surface area contributed by atoms with Crippen LogP contribution in [0.2, 0.25) is 5.02 Å². The number of aromatic nitrogens is 2. The number of hydrogen-bond acceptors (Lipinski definition) is 9. The zero-order valence-corrected chi connectivity index (χ0v) is 22.9. The number of carbonyl (C=O) groups is 2. The van der Waals surface area contributed by atoms with E-state index in [4.69, 9.17) is 21.1 Å². The van der Waals surface area contributed by atoms with Gasteiger partial charge in [0, 0.05) is 36.3 Å². The number of halogens is 2. The Kier molecular flexibility index (Phi) is 9.86. The van der Waals surface area contributed by atoms with Crippen molar-refractivity contribution in [3.63, 3.8) is 0 Å². The van der Waals surface area contributed by atoms with Crippen molar-refractivity contribution in [1.82, 2.24) is 14.9 Å². The molecule has 1 atom stereocenters. The van der Waals surface area contributed by atoms with E-state index in [1.54, 1.807) is 30.0 Å². The SMILES string of the molecule is COC(=O)CN(CC=CC(=O)Nc1cc2c(Nc3ccc(F)c(Cl)c3)ncnc2cc1OCC1CC1)CC(C)O. The van der Waals surface area contributed by atoms with Gasteiger partial charge in [-0.3, -0.25) is 14.5 Å². The first-order chi connectivity index (χ1) is 19.2. The van der Waals surface area contributed by atoms with E-state index >= 15 is 0 Å². The number of benzene rings is 2. The molecule has 1 unspecified atom stereocenters. The smallest absolute Gasteiger partial charge is 0.319 e. The number of methoxy groups -OCH3 is 1. The van der Waals surface area contributed by atoms with E-state index in [1.165, 1.54) is 37.7 Å². The van der Waals surface area contributed by atoms with Crippen LogP contribution in [0.3, 0.4) is 0 Å². The number of aliphatic hydroxyl groups is 1. The minimum Gasteiger partial charge on any atom is -0.491 e. The van der Waals surface area contributed by atoms with E-state index in [9.17, 15) is 19.1 Å². The molecule has 212 valence electrons. The lowest BCUT2D eigenvalue weighted by Gasteiger charge is -2.20. The number of aliphatic hydroxyl groups excluding tert-OH is 1. The van der Waals surface area contributed by atoms with Crippen molar-refractivity contribution in [3.05, 3.63) is 59.7 Å². The van der Waals surface area contributed by atoms with Gasteiger partial charge in [0.1, 0.15) is 23.7 Å². The lowest BCUT2D eigenvalue weighted by Crippen LogP contribution is -2.36. The number of ether oxygens (including phenoxy) is 2.